The molecule has 1 aliphatic carbocycles. The number of nitrogens with one attached hydrogen (secondary N) is 1. The average Bonchev–Trinajstić information content (AvgIpc) is 2.48. The highest BCUT2D eigenvalue weighted by Crippen LogP contribution is 2.25. The predicted octanol–water partition coefficient (Wildman–Crippen LogP) is 2.43. The molecule has 0 aliphatic heterocycles. The van der Waals surface area contributed by atoms with E-state index in [4.69, 9.17) is 4.74 Å². The Morgan fingerprint density at radius 3 is 2.80 bits per heavy atom. The van der Waals surface area contributed by atoms with E-state index < -0.39 is 0 Å². The number of hydrogen-bond donors (Lipinski definition) is 2. The van der Waals surface area contributed by atoms with Crippen molar-refractivity contribution in [2.24, 2.45) is 11.0 Å². The Bertz CT molecular complexity index is 494. The zero-order valence-electron chi connectivity index (χ0n) is 11.6. The first kappa shape index (κ1) is 14.4. The molecule has 1 aromatic carbocycles. The number of aromatic hydroxyl groups is 1. The van der Waals surface area contributed by atoms with Crippen molar-refractivity contribution in [3.63, 3.8) is 0 Å². The van der Waals surface area contributed by atoms with Crippen LogP contribution in [-0.4, -0.2) is 24.3 Å². The smallest absolute Gasteiger partial charge is 0.243 e. The molecule has 0 aromatic heterocycles. The van der Waals surface area contributed by atoms with Crippen molar-refractivity contribution >= 4 is 12.1 Å². The standard InChI is InChI=1S/C15H20N2O3/c1-20-14-8-7-11(9-13(14)18)10-16-17-15(19)12-5-3-2-4-6-12/h7-10,12,18H,2-6H2,1H3,(H,17,19). The van der Waals surface area contributed by atoms with Gasteiger partial charge in [0, 0.05) is 5.92 Å². The molecule has 0 bridgehead atoms. The van der Waals surface area contributed by atoms with Crippen LogP contribution in [0, 0.1) is 5.92 Å². The summed E-state index contributed by atoms with van der Waals surface area (Å²) in [7, 11) is 1.49. The Balaban J connectivity index is 1.89. The van der Waals surface area contributed by atoms with Crippen LogP contribution in [0.15, 0.2) is 23.3 Å². The first-order valence-corrected chi connectivity index (χ1v) is 6.90. The third-order valence-electron chi connectivity index (χ3n) is 3.57. The fourth-order valence-corrected chi connectivity index (χ4v) is 2.41. The normalized spacial score (nSPS) is 16.2. The predicted molar refractivity (Wildman–Crippen MR) is 77.0 cm³/mol. The summed E-state index contributed by atoms with van der Waals surface area (Å²) in [6.45, 7) is 0. The molecule has 0 atom stereocenters. The van der Waals surface area contributed by atoms with Crippen LogP contribution in [0.4, 0.5) is 0 Å². The zero-order valence-corrected chi connectivity index (χ0v) is 11.6. The lowest BCUT2D eigenvalue weighted by atomic mass is 9.89. The molecule has 0 spiro atoms. The second-order valence-electron chi connectivity index (χ2n) is 5.00. The number of methoxy groups -OCH3 is 1. The number of hydrazone groups is 1. The molecular weight excluding hydrogens is 256 g/mol. The van der Waals surface area contributed by atoms with Crippen molar-refractivity contribution in [2.75, 3.05) is 7.11 Å². The zero-order chi connectivity index (χ0) is 14.4. The lowest BCUT2D eigenvalue weighted by Gasteiger charge is -2.19. The maximum absolute atomic E-state index is 11.9. The van der Waals surface area contributed by atoms with Crippen molar-refractivity contribution < 1.29 is 14.6 Å². The third kappa shape index (κ3) is 3.73. The summed E-state index contributed by atoms with van der Waals surface area (Å²) in [5, 5.41) is 13.6. The summed E-state index contributed by atoms with van der Waals surface area (Å²) in [5.41, 5.74) is 3.27. The van der Waals surface area contributed by atoms with Crippen LogP contribution in [0.25, 0.3) is 0 Å². The van der Waals surface area contributed by atoms with Gasteiger partial charge in [-0.05, 0) is 36.6 Å². The van der Waals surface area contributed by atoms with Gasteiger partial charge in [-0.1, -0.05) is 19.3 Å². The SMILES string of the molecule is COc1ccc(C=NNC(=O)C2CCCCC2)cc1O. The van der Waals surface area contributed by atoms with Crippen LogP contribution in [0.3, 0.4) is 0 Å². The molecule has 1 saturated carbocycles. The van der Waals surface area contributed by atoms with Gasteiger partial charge in [0.2, 0.25) is 5.91 Å². The fraction of sp³-hybridized carbons (Fsp3) is 0.467. The van der Waals surface area contributed by atoms with Crippen LogP contribution >= 0.6 is 0 Å². The minimum atomic E-state index is -0.0151. The molecule has 1 aliphatic rings. The van der Waals surface area contributed by atoms with Gasteiger partial charge in [-0.3, -0.25) is 4.79 Å². The molecular formula is C15H20N2O3. The van der Waals surface area contributed by atoms with Crippen LogP contribution in [-0.2, 0) is 4.79 Å². The lowest BCUT2D eigenvalue weighted by molar-refractivity contribution is -0.125. The Labute approximate surface area is 118 Å². The van der Waals surface area contributed by atoms with Crippen molar-refractivity contribution in [3.05, 3.63) is 23.8 Å². The molecule has 0 heterocycles. The van der Waals surface area contributed by atoms with Gasteiger partial charge in [0.25, 0.3) is 0 Å². The molecule has 20 heavy (non-hydrogen) atoms. The minimum Gasteiger partial charge on any atom is -0.504 e. The number of carbonyl (C=O) groups is 1. The fourth-order valence-electron chi connectivity index (χ4n) is 2.41. The first-order valence-electron chi connectivity index (χ1n) is 6.90. The second-order valence-corrected chi connectivity index (χ2v) is 5.00. The molecule has 108 valence electrons. The summed E-state index contributed by atoms with van der Waals surface area (Å²) in [6.07, 6.45) is 6.87. The van der Waals surface area contributed by atoms with Gasteiger partial charge in [0.1, 0.15) is 0 Å². The van der Waals surface area contributed by atoms with Crippen molar-refractivity contribution in [1.29, 1.82) is 0 Å². The second kappa shape index (κ2) is 6.93. The summed E-state index contributed by atoms with van der Waals surface area (Å²) >= 11 is 0. The molecule has 0 saturated heterocycles. The van der Waals surface area contributed by atoms with E-state index in [9.17, 15) is 9.90 Å². The van der Waals surface area contributed by atoms with E-state index in [1.807, 2.05) is 0 Å². The highest BCUT2D eigenvalue weighted by molar-refractivity contribution is 5.84. The first-order chi connectivity index (χ1) is 9.70. The molecule has 0 radical (unpaired) electrons. The Hall–Kier alpha value is -2.04. The molecule has 1 fully saturated rings. The number of ether oxygens (including phenoxy) is 1. The van der Waals surface area contributed by atoms with E-state index in [-0.39, 0.29) is 17.6 Å². The maximum Gasteiger partial charge on any atom is 0.243 e. The monoisotopic (exact) mass is 276 g/mol. The highest BCUT2D eigenvalue weighted by atomic mass is 16.5. The van der Waals surface area contributed by atoms with Crippen molar-refractivity contribution in [1.82, 2.24) is 5.43 Å². The van der Waals surface area contributed by atoms with Gasteiger partial charge in [-0.15, -0.1) is 0 Å². The average molecular weight is 276 g/mol. The molecule has 5 nitrogen and oxygen atoms in total. The molecule has 1 amide bonds. The Morgan fingerprint density at radius 2 is 2.15 bits per heavy atom. The largest absolute Gasteiger partial charge is 0.504 e. The minimum absolute atomic E-state index is 0.0151. The molecule has 2 rings (SSSR count). The molecule has 1 aromatic rings. The number of rotatable bonds is 4. The van der Waals surface area contributed by atoms with Crippen LogP contribution < -0.4 is 10.2 Å². The van der Waals surface area contributed by atoms with Crippen molar-refractivity contribution in [2.45, 2.75) is 32.1 Å². The van der Waals surface area contributed by atoms with E-state index >= 15 is 0 Å². The lowest BCUT2D eigenvalue weighted by Crippen LogP contribution is -2.28. The van der Waals surface area contributed by atoms with Gasteiger partial charge < -0.3 is 9.84 Å². The Kier molecular flexibility index (Phi) is 4.98. The summed E-state index contributed by atoms with van der Waals surface area (Å²) in [5.74, 6) is 0.535. The number of hydrogen-bond acceptors (Lipinski definition) is 4. The molecule has 2 N–H and O–H groups in total. The number of amides is 1. The molecule has 0 unspecified atom stereocenters. The summed E-state index contributed by atoms with van der Waals surface area (Å²) in [4.78, 5) is 11.9. The Morgan fingerprint density at radius 1 is 1.40 bits per heavy atom. The van der Waals surface area contributed by atoms with E-state index in [1.165, 1.54) is 25.8 Å². The number of benzene rings is 1. The van der Waals surface area contributed by atoms with Gasteiger partial charge >= 0.3 is 0 Å². The highest BCUT2D eigenvalue weighted by Gasteiger charge is 2.20. The summed E-state index contributed by atoms with van der Waals surface area (Å²) in [6, 6.07) is 4.95. The van der Waals surface area contributed by atoms with Crippen LogP contribution in [0.5, 0.6) is 11.5 Å². The van der Waals surface area contributed by atoms with E-state index in [0.29, 0.717) is 11.3 Å². The maximum atomic E-state index is 11.9. The quantitative estimate of drug-likeness (QED) is 0.655. The number of carbonyl (C=O) groups excluding carboxylic acids is 1. The van der Waals surface area contributed by atoms with Crippen LogP contribution in [0.2, 0.25) is 0 Å². The van der Waals surface area contributed by atoms with Gasteiger partial charge in [-0.2, -0.15) is 5.10 Å². The van der Waals surface area contributed by atoms with E-state index in [2.05, 4.69) is 10.5 Å². The number of phenols is 1. The van der Waals surface area contributed by atoms with Gasteiger partial charge in [-0.25, -0.2) is 5.43 Å². The van der Waals surface area contributed by atoms with Gasteiger partial charge in [0.05, 0.1) is 13.3 Å². The summed E-state index contributed by atoms with van der Waals surface area (Å²) < 4.78 is 4.96. The number of phenolic OH excluding ortho intramolecular Hbond substituents is 1. The topological polar surface area (TPSA) is 70.9 Å². The van der Waals surface area contributed by atoms with E-state index in [0.717, 1.165) is 25.7 Å². The van der Waals surface area contributed by atoms with Gasteiger partial charge in [0.15, 0.2) is 11.5 Å². The van der Waals surface area contributed by atoms with Crippen LogP contribution in [0.1, 0.15) is 37.7 Å². The third-order valence-corrected chi connectivity index (χ3v) is 3.57. The molecule has 5 heteroatoms. The number of nitrogens with zero attached hydrogens (tertiary/aromatic N) is 1. The van der Waals surface area contributed by atoms with E-state index in [1.54, 1.807) is 12.1 Å². The van der Waals surface area contributed by atoms with Crippen molar-refractivity contribution in [3.8, 4) is 11.5 Å².